The van der Waals surface area contributed by atoms with Crippen molar-refractivity contribution >= 4 is 11.6 Å². The summed E-state index contributed by atoms with van der Waals surface area (Å²) in [7, 11) is 0. The molecule has 0 aliphatic heterocycles. The van der Waals surface area contributed by atoms with Gasteiger partial charge in [0.1, 0.15) is 11.2 Å². The molecular weight excluding hydrogens is 213 g/mol. The van der Waals surface area contributed by atoms with Gasteiger partial charge < -0.3 is 0 Å². The summed E-state index contributed by atoms with van der Waals surface area (Å²) < 4.78 is 12.9. The van der Waals surface area contributed by atoms with Crippen molar-refractivity contribution in [3.63, 3.8) is 0 Å². The van der Waals surface area contributed by atoms with E-state index < -0.39 is 5.38 Å². The Bertz CT molecular complexity index is 444. The second-order valence-electron chi connectivity index (χ2n) is 3.17. The quantitative estimate of drug-likeness (QED) is 0.707. The van der Waals surface area contributed by atoms with E-state index in [0.717, 1.165) is 5.56 Å². The van der Waals surface area contributed by atoms with E-state index in [9.17, 15) is 4.39 Å². The summed E-state index contributed by atoms with van der Waals surface area (Å²) >= 11 is 6.17. The van der Waals surface area contributed by atoms with Crippen molar-refractivity contribution in [2.75, 3.05) is 0 Å². The maximum absolute atomic E-state index is 12.9. The van der Waals surface area contributed by atoms with Crippen LogP contribution in [0.2, 0.25) is 0 Å². The first-order valence-electron chi connectivity index (χ1n) is 4.58. The minimum absolute atomic E-state index is 0.318. The fourth-order valence-electron chi connectivity index (χ4n) is 1.35. The number of halogens is 2. The van der Waals surface area contributed by atoms with Gasteiger partial charge >= 0.3 is 0 Å². The van der Waals surface area contributed by atoms with Gasteiger partial charge in [0.15, 0.2) is 0 Å². The average molecular weight is 222 g/mol. The second-order valence-corrected chi connectivity index (χ2v) is 3.61. The summed E-state index contributed by atoms with van der Waals surface area (Å²) in [4.78, 5) is 4.04. The molecule has 1 nitrogen and oxygen atoms in total. The SMILES string of the molecule is Fc1ccnc(C(Cl)c2ccccc2)c1. The molecule has 0 amide bonds. The van der Waals surface area contributed by atoms with Gasteiger partial charge in [-0.05, 0) is 17.7 Å². The first kappa shape index (κ1) is 10.1. The number of benzene rings is 1. The molecule has 2 aromatic rings. The maximum atomic E-state index is 12.9. The Hall–Kier alpha value is -1.41. The fraction of sp³-hybridized carbons (Fsp3) is 0.0833. The largest absolute Gasteiger partial charge is 0.259 e. The standard InChI is InChI=1S/C12H9ClFN/c13-12(9-4-2-1-3-5-9)11-8-10(14)6-7-15-11/h1-8,12H. The number of alkyl halides is 1. The smallest absolute Gasteiger partial charge is 0.126 e. The molecule has 15 heavy (non-hydrogen) atoms. The number of pyridine rings is 1. The molecule has 0 spiro atoms. The highest BCUT2D eigenvalue weighted by molar-refractivity contribution is 6.22. The van der Waals surface area contributed by atoms with E-state index in [1.165, 1.54) is 18.3 Å². The van der Waals surface area contributed by atoms with E-state index in [2.05, 4.69) is 4.98 Å². The maximum Gasteiger partial charge on any atom is 0.126 e. The van der Waals surface area contributed by atoms with Crippen LogP contribution >= 0.6 is 11.6 Å². The van der Waals surface area contributed by atoms with Gasteiger partial charge in [-0.3, -0.25) is 4.98 Å². The summed E-state index contributed by atoms with van der Waals surface area (Å²) in [6.45, 7) is 0. The van der Waals surface area contributed by atoms with Gasteiger partial charge in [-0.25, -0.2) is 4.39 Å². The molecule has 0 aliphatic rings. The Labute approximate surface area is 92.5 Å². The molecule has 0 N–H and O–H groups in total. The van der Waals surface area contributed by atoms with Crippen molar-refractivity contribution < 1.29 is 4.39 Å². The molecule has 0 fully saturated rings. The van der Waals surface area contributed by atoms with Crippen molar-refractivity contribution in [3.8, 4) is 0 Å². The predicted octanol–water partition coefficient (Wildman–Crippen LogP) is 3.55. The first-order chi connectivity index (χ1) is 7.27. The number of nitrogens with zero attached hydrogens (tertiary/aromatic N) is 1. The number of rotatable bonds is 2. The van der Waals surface area contributed by atoms with Gasteiger partial charge in [-0.15, -0.1) is 11.6 Å². The van der Waals surface area contributed by atoms with Gasteiger partial charge in [0, 0.05) is 6.20 Å². The highest BCUT2D eigenvalue weighted by Crippen LogP contribution is 2.26. The molecule has 2 rings (SSSR count). The van der Waals surface area contributed by atoms with Crippen LogP contribution in [0, 0.1) is 5.82 Å². The molecule has 0 saturated heterocycles. The van der Waals surface area contributed by atoms with Crippen molar-refractivity contribution in [1.82, 2.24) is 4.98 Å². The van der Waals surface area contributed by atoms with Gasteiger partial charge in [0.2, 0.25) is 0 Å². The van der Waals surface area contributed by atoms with Crippen LogP contribution in [-0.4, -0.2) is 4.98 Å². The molecule has 1 atom stereocenters. The topological polar surface area (TPSA) is 12.9 Å². The highest BCUT2D eigenvalue weighted by Gasteiger charge is 2.11. The summed E-state index contributed by atoms with van der Waals surface area (Å²) in [6.07, 6.45) is 1.42. The minimum atomic E-state index is -0.401. The Kier molecular flexibility index (Phi) is 2.97. The van der Waals surface area contributed by atoms with E-state index in [-0.39, 0.29) is 5.82 Å². The van der Waals surface area contributed by atoms with E-state index in [1.54, 1.807) is 0 Å². The summed E-state index contributed by atoms with van der Waals surface area (Å²) in [5, 5.41) is -0.401. The lowest BCUT2D eigenvalue weighted by molar-refractivity contribution is 0.622. The number of aromatic nitrogens is 1. The van der Waals surface area contributed by atoms with Crippen LogP contribution < -0.4 is 0 Å². The zero-order valence-electron chi connectivity index (χ0n) is 7.90. The Balaban J connectivity index is 2.32. The molecule has 0 bridgehead atoms. The van der Waals surface area contributed by atoms with Gasteiger partial charge in [0.25, 0.3) is 0 Å². The minimum Gasteiger partial charge on any atom is -0.259 e. The zero-order chi connectivity index (χ0) is 10.7. The van der Waals surface area contributed by atoms with E-state index in [1.807, 2.05) is 30.3 Å². The van der Waals surface area contributed by atoms with E-state index >= 15 is 0 Å². The fourth-order valence-corrected chi connectivity index (χ4v) is 1.62. The Morgan fingerprint density at radius 3 is 2.53 bits per heavy atom. The van der Waals surface area contributed by atoms with Gasteiger partial charge in [-0.1, -0.05) is 30.3 Å². The molecule has 1 aromatic heterocycles. The van der Waals surface area contributed by atoms with Crippen LogP contribution in [0.1, 0.15) is 16.6 Å². The van der Waals surface area contributed by atoms with Crippen LogP contribution in [0.3, 0.4) is 0 Å². The lowest BCUT2D eigenvalue weighted by Crippen LogP contribution is -1.96. The summed E-state index contributed by atoms with van der Waals surface area (Å²) in [6, 6.07) is 12.1. The third kappa shape index (κ3) is 2.34. The van der Waals surface area contributed by atoms with Crippen LogP contribution in [0.25, 0.3) is 0 Å². The predicted molar refractivity (Wildman–Crippen MR) is 58.3 cm³/mol. The van der Waals surface area contributed by atoms with Crippen molar-refractivity contribution in [1.29, 1.82) is 0 Å². The van der Waals surface area contributed by atoms with Crippen molar-refractivity contribution in [3.05, 3.63) is 65.7 Å². The number of hydrogen-bond acceptors (Lipinski definition) is 1. The van der Waals surface area contributed by atoms with E-state index in [4.69, 9.17) is 11.6 Å². The molecule has 1 aromatic carbocycles. The zero-order valence-corrected chi connectivity index (χ0v) is 8.66. The molecule has 3 heteroatoms. The summed E-state index contributed by atoms with van der Waals surface area (Å²) in [5.74, 6) is -0.318. The molecule has 76 valence electrons. The summed E-state index contributed by atoms with van der Waals surface area (Å²) in [5.41, 5.74) is 1.44. The van der Waals surface area contributed by atoms with Crippen LogP contribution in [0.4, 0.5) is 4.39 Å². The van der Waals surface area contributed by atoms with Crippen LogP contribution in [-0.2, 0) is 0 Å². The third-order valence-corrected chi connectivity index (χ3v) is 2.57. The van der Waals surface area contributed by atoms with Crippen LogP contribution in [0.5, 0.6) is 0 Å². The normalized spacial score (nSPS) is 12.4. The molecule has 1 unspecified atom stereocenters. The Morgan fingerprint density at radius 2 is 1.87 bits per heavy atom. The van der Waals surface area contributed by atoms with Crippen molar-refractivity contribution in [2.24, 2.45) is 0 Å². The average Bonchev–Trinajstić information content (AvgIpc) is 2.29. The van der Waals surface area contributed by atoms with Gasteiger partial charge in [0.05, 0.1) is 5.69 Å². The molecule has 0 saturated carbocycles. The number of hydrogen-bond donors (Lipinski definition) is 0. The van der Waals surface area contributed by atoms with Gasteiger partial charge in [-0.2, -0.15) is 0 Å². The Morgan fingerprint density at radius 1 is 1.13 bits per heavy atom. The van der Waals surface area contributed by atoms with E-state index in [0.29, 0.717) is 5.69 Å². The highest BCUT2D eigenvalue weighted by atomic mass is 35.5. The monoisotopic (exact) mass is 221 g/mol. The lowest BCUT2D eigenvalue weighted by Gasteiger charge is -2.08. The first-order valence-corrected chi connectivity index (χ1v) is 5.01. The lowest BCUT2D eigenvalue weighted by atomic mass is 10.1. The second kappa shape index (κ2) is 4.41. The molecule has 0 aliphatic carbocycles. The molecular formula is C12H9ClFN. The van der Waals surface area contributed by atoms with Crippen molar-refractivity contribution in [2.45, 2.75) is 5.38 Å². The van der Waals surface area contributed by atoms with Crippen LogP contribution in [0.15, 0.2) is 48.7 Å². The molecule has 0 radical (unpaired) electrons. The third-order valence-electron chi connectivity index (χ3n) is 2.10. The molecule has 1 heterocycles.